The summed E-state index contributed by atoms with van der Waals surface area (Å²) in [6, 6.07) is 19.3. The van der Waals surface area contributed by atoms with Gasteiger partial charge in [-0.15, -0.1) is 0 Å². The van der Waals surface area contributed by atoms with Crippen LogP contribution in [0.2, 0.25) is 0 Å². The number of fused-ring (bicyclic) bond motifs is 11. The molecule has 4 heterocycles. The number of rotatable bonds is 0. The first kappa shape index (κ1) is 14.3. The molecule has 4 heteroatoms. The molecule has 4 nitrogen and oxygen atoms in total. The van der Waals surface area contributed by atoms with E-state index in [1.54, 1.807) is 0 Å². The average Bonchev–Trinajstić information content (AvgIpc) is 3.31. The molecular formula is C24H14N4. The Morgan fingerprint density at radius 2 is 1.71 bits per heavy atom. The second kappa shape index (κ2) is 4.93. The molecule has 6 aromatic rings. The Balaban J connectivity index is 1.74. The summed E-state index contributed by atoms with van der Waals surface area (Å²) in [5, 5.41) is 3.48. The third kappa shape index (κ3) is 1.68. The maximum absolute atomic E-state index is 4.95. The molecule has 0 radical (unpaired) electrons. The zero-order chi connectivity index (χ0) is 18.2. The van der Waals surface area contributed by atoms with E-state index in [1.165, 1.54) is 27.6 Å². The van der Waals surface area contributed by atoms with E-state index in [0.717, 1.165) is 39.5 Å². The van der Waals surface area contributed by atoms with Gasteiger partial charge in [-0.3, -0.25) is 9.38 Å². The van der Waals surface area contributed by atoms with Gasteiger partial charge in [-0.1, -0.05) is 24.3 Å². The molecule has 0 N–H and O–H groups in total. The Morgan fingerprint density at radius 1 is 0.750 bits per heavy atom. The van der Waals surface area contributed by atoms with Crippen molar-refractivity contribution in [2.75, 3.05) is 0 Å². The van der Waals surface area contributed by atoms with E-state index in [1.807, 2.05) is 30.7 Å². The number of hydrogen-bond acceptors (Lipinski definition) is 3. The Bertz CT molecular complexity index is 1590. The third-order valence-electron chi connectivity index (χ3n) is 5.92. The summed E-state index contributed by atoms with van der Waals surface area (Å²) in [6.07, 6.45) is 6.59. The van der Waals surface area contributed by atoms with Gasteiger partial charge >= 0.3 is 0 Å². The highest BCUT2D eigenvalue weighted by Gasteiger charge is 2.21. The van der Waals surface area contributed by atoms with E-state index in [9.17, 15) is 0 Å². The average molecular weight is 358 g/mol. The molecule has 7 rings (SSSR count). The molecule has 4 aromatic heterocycles. The first-order chi connectivity index (χ1) is 13.9. The number of hydrogen-bond donors (Lipinski definition) is 0. The lowest BCUT2D eigenvalue weighted by Crippen LogP contribution is -1.94. The van der Waals surface area contributed by atoms with Crippen LogP contribution in [0.25, 0.3) is 49.6 Å². The van der Waals surface area contributed by atoms with Crippen molar-refractivity contribution >= 4 is 38.5 Å². The largest absolute Gasteiger partial charge is 0.276 e. The predicted octanol–water partition coefficient (Wildman–Crippen LogP) is 5.16. The molecule has 0 unspecified atom stereocenters. The van der Waals surface area contributed by atoms with Crippen LogP contribution < -0.4 is 0 Å². The maximum Gasteiger partial charge on any atom is 0.164 e. The lowest BCUT2D eigenvalue weighted by molar-refractivity contribution is 1.23. The van der Waals surface area contributed by atoms with Crippen molar-refractivity contribution < 1.29 is 0 Å². The molecule has 0 aliphatic heterocycles. The van der Waals surface area contributed by atoms with E-state index in [-0.39, 0.29) is 0 Å². The summed E-state index contributed by atoms with van der Waals surface area (Å²) < 4.78 is 2.17. The smallest absolute Gasteiger partial charge is 0.164 e. The van der Waals surface area contributed by atoms with E-state index >= 15 is 0 Å². The summed E-state index contributed by atoms with van der Waals surface area (Å²) in [6.45, 7) is 0. The number of imidazole rings is 1. The first-order valence-electron chi connectivity index (χ1n) is 9.42. The zero-order valence-electron chi connectivity index (χ0n) is 14.9. The maximum atomic E-state index is 4.95. The van der Waals surface area contributed by atoms with Gasteiger partial charge in [0, 0.05) is 29.4 Å². The fourth-order valence-corrected chi connectivity index (χ4v) is 4.70. The number of benzene rings is 2. The molecule has 1 aliphatic rings. The fourth-order valence-electron chi connectivity index (χ4n) is 4.70. The topological polar surface area (TPSA) is 43.1 Å². The summed E-state index contributed by atoms with van der Waals surface area (Å²) in [5.74, 6) is 0. The van der Waals surface area contributed by atoms with Gasteiger partial charge < -0.3 is 0 Å². The monoisotopic (exact) mass is 358 g/mol. The van der Waals surface area contributed by atoms with E-state index in [0.29, 0.717) is 0 Å². The van der Waals surface area contributed by atoms with Crippen molar-refractivity contribution in [2.45, 2.75) is 6.42 Å². The van der Waals surface area contributed by atoms with Crippen LogP contribution in [0.4, 0.5) is 0 Å². The molecule has 0 saturated carbocycles. The molecular weight excluding hydrogens is 344 g/mol. The summed E-state index contributed by atoms with van der Waals surface area (Å²) in [5.41, 5.74) is 9.26. The highest BCUT2D eigenvalue weighted by molar-refractivity contribution is 6.15. The number of pyridine rings is 3. The van der Waals surface area contributed by atoms with Crippen molar-refractivity contribution in [1.82, 2.24) is 19.4 Å². The molecule has 0 spiro atoms. The van der Waals surface area contributed by atoms with Gasteiger partial charge in [-0.25, -0.2) is 9.97 Å². The predicted molar refractivity (Wildman–Crippen MR) is 112 cm³/mol. The van der Waals surface area contributed by atoms with Crippen LogP contribution in [0, 0.1) is 0 Å². The van der Waals surface area contributed by atoms with Gasteiger partial charge in [0.2, 0.25) is 0 Å². The first-order valence-corrected chi connectivity index (χ1v) is 9.42. The van der Waals surface area contributed by atoms with E-state index in [2.05, 4.69) is 56.8 Å². The highest BCUT2D eigenvalue weighted by Crippen LogP contribution is 2.41. The molecule has 28 heavy (non-hydrogen) atoms. The van der Waals surface area contributed by atoms with Gasteiger partial charge in [0.05, 0.1) is 5.52 Å². The SMILES string of the molecule is c1ccc2c(c1)Cc1cc3c(cc1-2)c1cnccc1n1c2ncccc2nc31. The van der Waals surface area contributed by atoms with Crippen LogP contribution in [0.15, 0.2) is 73.2 Å². The molecule has 130 valence electrons. The minimum absolute atomic E-state index is 0.888. The Hall–Kier alpha value is -3.79. The van der Waals surface area contributed by atoms with Crippen molar-refractivity contribution in [1.29, 1.82) is 0 Å². The third-order valence-corrected chi connectivity index (χ3v) is 5.92. The molecule has 0 bridgehead atoms. The molecule has 0 amide bonds. The van der Waals surface area contributed by atoms with Crippen LogP contribution >= 0.6 is 0 Å². The molecule has 0 fully saturated rings. The van der Waals surface area contributed by atoms with Crippen LogP contribution in [-0.4, -0.2) is 19.4 Å². The van der Waals surface area contributed by atoms with E-state index in [4.69, 9.17) is 4.98 Å². The molecule has 0 atom stereocenters. The van der Waals surface area contributed by atoms with Crippen molar-refractivity contribution in [3.8, 4) is 11.1 Å². The normalized spacial score (nSPS) is 12.9. The second-order valence-electron chi connectivity index (χ2n) is 7.40. The Kier molecular flexibility index (Phi) is 2.51. The quantitative estimate of drug-likeness (QED) is 0.352. The van der Waals surface area contributed by atoms with Crippen molar-refractivity contribution in [3.63, 3.8) is 0 Å². The fraction of sp³-hybridized carbons (Fsp3) is 0.0417. The minimum Gasteiger partial charge on any atom is -0.276 e. The molecule has 2 aromatic carbocycles. The lowest BCUT2D eigenvalue weighted by atomic mass is 9.99. The zero-order valence-corrected chi connectivity index (χ0v) is 14.9. The van der Waals surface area contributed by atoms with Crippen LogP contribution in [0.5, 0.6) is 0 Å². The number of aromatic nitrogens is 4. The van der Waals surface area contributed by atoms with E-state index < -0.39 is 0 Å². The highest BCUT2D eigenvalue weighted by atomic mass is 15.1. The van der Waals surface area contributed by atoms with Gasteiger partial charge in [-0.2, -0.15) is 0 Å². The van der Waals surface area contributed by atoms with Gasteiger partial charge in [0.15, 0.2) is 5.65 Å². The molecule has 0 saturated heterocycles. The van der Waals surface area contributed by atoms with Gasteiger partial charge in [0.25, 0.3) is 0 Å². The van der Waals surface area contributed by atoms with Crippen LogP contribution in [0.3, 0.4) is 0 Å². The number of nitrogens with zero attached hydrogens (tertiary/aromatic N) is 4. The van der Waals surface area contributed by atoms with Crippen LogP contribution in [-0.2, 0) is 6.42 Å². The molecule has 1 aliphatic carbocycles. The Morgan fingerprint density at radius 3 is 2.71 bits per heavy atom. The van der Waals surface area contributed by atoms with Crippen molar-refractivity contribution in [2.24, 2.45) is 0 Å². The minimum atomic E-state index is 0.888. The van der Waals surface area contributed by atoms with Gasteiger partial charge in [0.1, 0.15) is 11.2 Å². The van der Waals surface area contributed by atoms with Crippen molar-refractivity contribution in [3.05, 3.63) is 84.3 Å². The van der Waals surface area contributed by atoms with Gasteiger partial charge in [-0.05, 0) is 64.4 Å². The summed E-state index contributed by atoms with van der Waals surface area (Å²) >= 11 is 0. The second-order valence-corrected chi connectivity index (χ2v) is 7.40. The summed E-state index contributed by atoms with van der Waals surface area (Å²) in [4.78, 5) is 14.0. The summed E-state index contributed by atoms with van der Waals surface area (Å²) in [7, 11) is 0. The van der Waals surface area contributed by atoms with Crippen LogP contribution in [0.1, 0.15) is 11.1 Å². The lowest BCUT2D eigenvalue weighted by Gasteiger charge is -2.10. The Labute approximate surface area is 160 Å². The standard InChI is InChI=1S/C24H14N4/c1-2-5-16-14(4-1)10-15-11-19-18(12-17(15)16)20-13-25-9-7-22(20)28-23(19)27-21-6-3-8-26-24(21)28/h1-9,11-13H,10H2.